The Hall–Kier alpha value is -6.72. The molecule has 0 N–H and O–H groups in total. The molecule has 0 unspecified atom stereocenters. The molecule has 262 valence electrons. The minimum absolute atomic E-state index is 0.0766. The maximum atomic E-state index is 9.41. The van der Waals surface area contributed by atoms with Gasteiger partial charge in [-0.15, -0.1) is 22.7 Å². The molecule has 8 aromatic carbocycles. The second-order valence-corrected chi connectivity index (χ2v) is 15.3. The highest BCUT2D eigenvalue weighted by molar-refractivity contribution is 7.26. The van der Waals surface area contributed by atoms with Gasteiger partial charge in [-0.1, -0.05) is 157 Å². The summed E-state index contributed by atoms with van der Waals surface area (Å²) in [4.78, 5) is 9.42. The summed E-state index contributed by atoms with van der Waals surface area (Å²) in [6, 6.07) is 28.2. The second kappa shape index (κ2) is 13.5. The van der Waals surface area contributed by atoms with Gasteiger partial charge in [0, 0.05) is 35.8 Å². The van der Waals surface area contributed by atoms with Crippen LogP contribution in [0.5, 0.6) is 0 Å². The minimum Gasteiger partial charge on any atom is -0.235 e. The van der Waals surface area contributed by atoms with Crippen LogP contribution in [0.1, 0.15) is 17.8 Å². The summed E-state index contributed by atoms with van der Waals surface area (Å²) in [5.74, 6) is 0. The average Bonchev–Trinajstić information content (AvgIpc) is 3.94. The molecule has 3 aromatic heterocycles. The molecule has 0 fully saturated rings. The minimum atomic E-state index is -0.756. The van der Waals surface area contributed by atoms with Gasteiger partial charge in [0.2, 0.25) is 0 Å². The van der Waals surface area contributed by atoms with Gasteiger partial charge in [-0.25, -0.2) is 9.97 Å². The van der Waals surface area contributed by atoms with E-state index in [9.17, 15) is 1.37 Å². The Morgan fingerprint density at radius 3 is 1.88 bits per heavy atom. The van der Waals surface area contributed by atoms with Crippen molar-refractivity contribution < 1.29 is 17.8 Å². The standard InChI is InChI=1S/C52H32N2S2/c1-2-9-33(10-3-1)34-19-21-35(22-20-34)38-11-6-13-40(29-38)41-27-28-48-46(31-41)50-52(56-48)49(53-32-54-50)42-14-7-12-39(30-42)36-23-25-37(26-24-36)43-16-8-17-45-44-15-4-5-18-47(44)55-51(43)45/h1-32H/i1D,2D,3D,6D,9D,10D,11D,13D,19D,20D,21D,22D,29D. The van der Waals surface area contributed by atoms with E-state index in [1.165, 1.54) is 43.4 Å². The number of thiophene rings is 2. The molecular weight excluding hydrogens is 717 g/mol. The Balaban J connectivity index is 0.978. The molecular formula is C52H32N2S2. The number of benzene rings is 8. The van der Waals surface area contributed by atoms with Crippen molar-refractivity contribution in [2.24, 2.45) is 0 Å². The lowest BCUT2D eigenvalue weighted by molar-refractivity contribution is 1.24. The van der Waals surface area contributed by atoms with Gasteiger partial charge in [0.25, 0.3) is 0 Å². The van der Waals surface area contributed by atoms with E-state index in [1.807, 2.05) is 18.2 Å². The van der Waals surface area contributed by atoms with Crippen molar-refractivity contribution in [1.82, 2.24) is 9.97 Å². The van der Waals surface area contributed by atoms with E-state index in [1.54, 1.807) is 23.5 Å². The predicted octanol–water partition coefficient (Wildman–Crippen LogP) is 15.2. The molecule has 0 amide bonds. The second-order valence-electron chi connectivity index (χ2n) is 13.2. The highest BCUT2D eigenvalue weighted by atomic mass is 32.1. The van der Waals surface area contributed by atoms with Gasteiger partial charge < -0.3 is 0 Å². The molecule has 0 aliphatic rings. The molecule has 0 saturated carbocycles. The van der Waals surface area contributed by atoms with Crippen molar-refractivity contribution in [3.8, 4) is 66.9 Å². The number of hydrogen-bond acceptors (Lipinski definition) is 4. The number of hydrogen-bond donors (Lipinski definition) is 0. The molecule has 0 spiro atoms. The average molecular weight is 762 g/mol. The van der Waals surface area contributed by atoms with Crippen molar-refractivity contribution in [1.29, 1.82) is 0 Å². The zero-order valence-corrected chi connectivity index (χ0v) is 30.8. The summed E-state index contributed by atoms with van der Waals surface area (Å²) in [5, 5.41) is 3.19. The summed E-state index contributed by atoms with van der Waals surface area (Å²) >= 11 is 3.28. The normalized spacial score (nSPS) is 14.8. The highest BCUT2D eigenvalue weighted by Crippen LogP contribution is 2.42. The van der Waals surface area contributed by atoms with Crippen LogP contribution in [-0.2, 0) is 0 Å². The number of rotatable bonds is 6. The van der Waals surface area contributed by atoms with Crippen molar-refractivity contribution >= 4 is 63.1 Å². The van der Waals surface area contributed by atoms with Gasteiger partial charge in [-0.2, -0.15) is 0 Å². The zero-order valence-electron chi connectivity index (χ0n) is 42.2. The fraction of sp³-hybridized carbons (Fsp3) is 0. The third-order valence-corrected chi connectivity index (χ3v) is 12.2. The van der Waals surface area contributed by atoms with E-state index < -0.39 is 101 Å². The van der Waals surface area contributed by atoms with Crippen molar-refractivity contribution in [3.63, 3.8) is 0 Å². The molecule has 0 aliphatic heterocycles. The van der Waals surface area contributed by atoms with Gasteiger partial charge in [0.15, 0.2) is 0 Å². The molecule has 0 bridgehead atoms. The molecule has 3 heterocycles. The van der Waals surface area contributed by atoms with E-state index in [4.69, 9.17) is 21.4 Å². The van der Waals surface area contributed by atoms with Crippen molar-refractivity contribution in [2.45, 2.75) is 0 Å². The monoisotopic (exact) mass is 761 g/mol. The van der Waals surface area contributed by atoms with Crippen LogP contribution in [0.2, 0.25) is 0 Å². The van der Waals surface area contributed by atoms with Gasteiger partial charge in [-0.05, 0) is 85.9 Å². The fourth-order valence-corrected chi connectivity index (χ4v) is 9.54. The van der Waals surface area contributed by atoms with E-state index >= 15 is 0 Å². The van der Waals surface area contributed by atoms with Crippen LogP contribution < -0.4 is 0 Å². The van der Waals surface area contributed by atoms with Gasteiger partial charge in [-0.3, -0.25) is 0 Å². The predicted molar refractivity (Wildman–Crippen MR) is 240 cm³/mol. The summed E-state index contributed by atoms with van der Waals surface area (Å²) in [7, 11) is 0. The first kappa shape index (κ1) is 22.0. The molecule has 2 nitrogen and oxygen atoms in total. The van der Waals surface area contributed by atoms with Crippen LogP contribution >= 0.6 is 22.7 Å². The maximum absolute atomic E-state index is 9.41. The summed E-state index contributed by atoms with van der Waals surface area (Å²) in [5.41, 5.74) is 4.85. The molecule has 4 heteroatoms. The van der Waals surface area contributed by atoms with Crippen molar-refractivity contribution in [3.05, 3.63) is 194 Å². The first-order valence-electron chi connectivity index (χ1n) is 24.2. The molecule has 0 radical (unpaired) electrons. The van der Waals surface area contributed by atoms with Crippen LogP contribution in [0, 0.1) is 0 Å². The molecule has 56 heavy (non-hydrogen) atoms. The Kier molecular flexibility index (Phi) is 5.32. The lowest BCUT2D eigenvalue weighted by Gasteiger charge is -2.09. The molecule has 0 aliphatic carbocycles. The first-order valence-corrected chi connectivity index (χ1v) is 19.4. The summed E-state index contributed by atoms with van der Waals surface area (Å²) in [6.07, 6.45) is 1.49. The Labute approximate surface area is 350 Å². The Morgan fingerprint density at radius 2 is 1.02 bits per heavy atom. The van der Waals surface area contributed by atoms with E-state index in [0.717, 1.165) is 31.7 Å². The topological polar surface area (TPSA) is 25.8 Å². The number of aromatic nitrogens is 2. The quantitative estimate of drug-likeness (QED) is 0.169. The third-order valence-electron chi connectivity index (χ3n) is 9.86. The lowest BCUT2D eigenvalue weighted by atomic mass is 9.96. The van der Waals surface area contributed by atoms with Crippen LogP contribution in [0.25, 0.3) is 107 Å². The van der Waals surface area contributed by atoms with Crippen LogP contribution in [0.15, 0.2) is 194 Å². The molecule has 11 aromatic rings. The van der Waals surface area contributed by atoms with E-state index in [-0.39, 0.29) is 5.56 Å². The van der Waals surface area contributed by atoms with Gasteiger partial charge >= 0.3 is 0 Å². The number of fused-ring (bicyclic) bond motifs is 6. The van der Waals surface area contributed by atoms with Crippen LogP contribution in [-0.4, -0.2) is 9.97 Å². The SMILES string of the molecule is [2H]c1c([2H])c([2H])c(-c2c([2H])c([2H])c(-c3c([2H])c([2H])c([2H])c(-c4ccc5sc6c(-c7cccc(-c8ccc(-c9cccc%10c9sc9ccccc9%10)cc8)c7)ncnc6c5c4)c3[2H])c([2H])c2[2H])c([2H])c1[2H]. The van der Waals surface area contributed by atoms with E-state index in [2.05, 4.69) is 83.8 Å². The largest absolute Gasteiger partial charge is 0.235 e. The lowest BCUT2D eigenvalue weighted by Crippen LogP contribution is -1.87. The van der Waals surface area contributed by atoms with Gasteiger partial charge in [0.05, 0.1) is 33.7 Å². The first-order chi connectivity index (χ1) is 33.2. The summed E-state index contributed by atoms with van der Waals surface area (Å²) < 4.78 is 117. The maximum Gasteiger partial charge on any atom is 0.116 e. The number of nitrogens with zero attached hydrogens (tertiary/aromatic N) is 2. The molecule has 11 rings (SSSR count). The summed E-state index contributed by atoms with van der Waals surface area (Å²) in [6.45, 7) is 0. The van der Waals surface area contributed by atoms with Crippen molar-refractivity contribution in [2.75, 3.05) is 0 Å². The zero-order chi connectivity index (χ0) is 48.3. The third kappa shape index (κ3) is 5.70. The van der Waals surface area contributed by atoms with Crippen LogP contribution in [0.3, 0.4) is 0 Å². The van der Waals surface area contributed by atoms with Gasteiger partial charge in [0.1, 0.15) is 6.33 Å². The van der Waals surface area contributed by atoms with E-state index in [0.29, 0.717) is 22.2 Å². The molecule has 0 atom stereocenters. The fourth-order valence-electron chi connectivity index (χ4n) is 7.15. The Morgan fingerprint density at radius 1 is 0.393 bits per heavy atom. The molecule has 0 saturated heterocycles. The van der Waals surface area contributed by atoms with Crippen LogP contribution in [0.4, 0.5) is 0 Å². The smallest absolute Gasteiger partial charge is 0.116 e. The highest BCUT2D eigenvalue weighted by Gasteiger charge is 2.16. The Bertz CT molecular complexity index is 3960.